The van der Waals surface area contributed by atoms with Crippen LogP contribution in [0.2, 0.25) is 0 Å². The lowest BCUT2D eigenvalue weighted by Gasteiger charge is -2.04. The fourth-order valence-electron chi connectivity index (χ4n) is 3.14. The van der Waals surface area contributed by atoms with Gasteiger partial charge in [0.25, 0.3) is 0 Å². The van der Waals surface area contributed by atoms with E-state index in [4.69, 9.17) is 5.11 Å². The topological polar surface area (TPSA) is 91.7 Å². The number of hydrogen-bond donors (Lipinski definition) is 2. The fourth-order valence-corrected chi connectivity index (χ4v) is 5.06. The Morgan fingerprint density at radius 1 is 1.27 bits per heavy atom. The molecule has 2 N–H and O–H groups in total. The number of hydrogen-bond acceptors (Lipinski definition) is 7. The summed E-state index contributed by atoms with van der Waals surface area (Å²) in [6.07, 6.45) is 1.02. The Kier molecular flexibility index (Phi) is 6.10. The van der Waals surface area contributed by atoms with Crippen molar-refractivity contribution in [2.24, 2.45) is 10.9 Å². The zero-order valence-electron chi connectivity index (χ0n) is 15.8. The standard InChI is InChI=1S/C21H18FN3O3S2/c22-14-3-6-16-17(11-14)29-21(25-16)23-8-7-12-1-4-15(5-2-12)24-18-9-13(10-19(26)27)20(28)30-18/h1-6,11,13H,7-10H2,(H,23,25)(H,26,27)/t13-/m0/s1. The summed E-state index contributed by atoms with van der Waals surface area (Å²) in [4.78, 5) is 31.6. The molecule has 30 heavy (non-hydrogen) atoms. The maximum absolute atomic E-state index is 13.3. The maximum atomic E-state index is 13.3. The third-order valence-corrected chi connectivity index (χ3v) is 6.63. The summed E-state index contributed by atoms with van der Waals surface area (Å²) in [6.45, 7) is 0.692. The van der Waals surface area contributed by atoms with E-state index in [1.807, 2.05) is 24.3 Å². The Bertz CT molecular complexity index is 1130. The smallest absolute Gasteiger partial charge is 0.304 e. The quantitative estimate of drug-likeness (QED) is 0.541. The Hall–Kier alpha value is -2.78. The summed E-state index contributed by atoms with van der Waals surface area (Å²) in [5.41, 5.74) is 2.64. The molecule has 2 heterocycles. The zero-order valence-corrected chi connectivity index (χ0v) is 17.4. The molecule has 1 saturated heterocycles. The number of benzene rings is 2. The van der Waals surface area contributed by atoms with Crippen LogP contribution in [0.25, 0.3) is 10.2 Å². The van der Waals surface area contributed by atoms with Crippen LogP contribution < -0.4 is 5.32 Å². The second kappa shape index (κ2) is 8.93. The van der Waals surface area contributed by atoms with E-state index >= 15 is 0 Å². The van der Waals surface area contributed by atoms with Gasteiger partial charge in [0.1, 0.15) is 5.82 Å². The van der Waals surface area contributed by atoms with Gasteiger partial charge in [-0.3, -0.25) is 9.59 Å². The monoisotopic (exact) mass is 443 g/mol. The number of aromatic nitrogens is 1. The van der Waals surface area contributed by atoms with E-state index in [0.29, 0.717) is 18.0 Å². The van der Waals surface area contributed by atoms with Gasteiger partial charge in [-0.05, 0) is 54.1 Å². The minimum Gasteiger partial charge on any atom is -0.481 e. The molecule has 2 aromatic carbocycles. The van der Waals surface area contributed by atoms with E-state index in [1.165, 1.54) is 23.5 Å². The SMILES string of the molecule is O=C(O)C[C@@H]1CC(=Nc2ccc(CCNc3nc4ccc(F)cc4s3)cc2)SC1=O. The third-order valence-electron chi connectivity index (χ3n) is 4.62. The lowest BCUT2D eigenvalue weighted by molar-refractivity contribution is -0.139. The Morgan fingerprint density at radius 3 is 2.83 bits per heavy atom. The average molecular weight is 444 g/mol. The number of thioether (sulfide) groups is 1. The summed E-state index contributed by atoms with van der Waals surface area (Å²) in [6, 6.07) is 12.3. The number of carbonyl (C=O) groups is 2. The minimum atomic E-state index is -0.967. The lowest BCUT2D eigenvalue weighted by Crippen LogP contribution is -2.10. The molecule has 0 amide bonds. The lowest BCUT2D eigenvalue weighted by atomic mass is 10.0. The molecule has 0 bridgehead atoms. The first-order valence-corrected chi connectivity index (χ1v) is 11.0. The van der Waals surface area contributed by atoms with Crippen molar-refractivity contribution in [2.45, 2.75) is 19.3 Å². The van der Waals surface area contributed by atoms with Crippen LogP contribution in [0, 0.1) is 11.7 Å². The molecule has 6 nitrogen and oxygen atoms in total. The summed E-state index contributed by atoms with van der Waals surface area (Å²) in [5, 5.41) is 13.4. The first kappa shape index (κ1) is 20.5. The Balaban J connectivity index is 1.31. The first-order valence-electron chi connectivity index (χ1n) is 9.36. The van der Waals surface area contributed by atoms with Crippen LogP contribution in [-0.2, 0) is 16.0 Å². The van der Waals surface area contributed by atoms with Crippen LogP contribution in [0.1, 0.15) is 18.4 Å². The van der Waals surface area contributed by atoms with E-state index in [2.05, 4.69) is 15.3 Å². The highest BCUT2D eigenvalue weighted by molar-refractivity contribution is 8.27. The van der Waals surface area contributed by atoms with Gasteiger partial charge in [-0.1, -0.05) is 23.5 Å². The molecule has 154 valence electrons. The summed E-state index contributed by atoms with van der Waals surface area (Å²) < 4.78 is 14.1. The van der Waals surface area contributed by atoms with Crippen molar-refractivity contribution in [2.75, 3.05) is 11.9 Å². The first-order chi connectivity index (χ1) is 14.5. The maximum Gasteiger partial charge on any atom is 0.304 e. The van der Waals surface area contributed by atoms with E-state index < -0.39 is 11.9 Å². The van der Waals surface area contributed by atoms with Crippen LogP contribution in [-0.4, -0.2) is 32.8 Å². The number of aliphatic imine (C=N–C) groups is 1. The van der Waals surface area contributed by atoms with Gasteiger partial charge in [0.2, 0.25) is 0 Å². The molecule has 9 heteroatoms. The number of thiazole rings is 1. The molecule has 0 aliphatic carbocycles. The number of carboxylic acids is 1. The van der Waals surface area contributed by atoms with Crippen molar-refractivity contribution in [1.82, 2.24) is 4.98 Å². The van der Waals surface area contributed by atoms with Crippen LogP contribution in [0.5, 0.6) is 0 Å². The number of carbonyl (C=O) groups excluding carboxylic acids is 1. The summed E-state index contributed by atoms with van der Waals surface area (Å²) in [7, 11) is 0. The van der Waals surface area contributed by atoms with Gasteiger partial charge >= 0.3 is 5.97 Å². The molecule has 0 saturated carbocycles. The molecule has 1 atom stereocenters. The molecule has 0 unspecified atom stereocenters. The van der Waals surface area contributed by atoms with Gasteiger partial charge in [-0.25, -0.2) is 14.4 Å². The predicted molar refractivity (Wildman–Crippen MR) is 118 cm³/mol. The van der Waals surface area contributed by atoms with Crippen molar-refractivity contribution in [3.63, 3.8) is 0 Å². The molecular weight excluding hydrogens is 425 g/mol. The molecule has 1 aromatic heterocycles. The van der Waals surface area contributed by atoms with Gasteiger partial charge in [-0.2, -0.15) is 0 Å². The highest BCUT2D eigenvalue weighted by Gasteiger charge is 2.32. The summed E-state index contributed by atoms with van der Waals surface area (Å²) in [5.74, 6) is -1.72. The molecule has 1 aliphatic heterocycles. The van der Waals surface area contributed by atoms with Crippen LogP contribution in [0.3, 0.4) is 0 Å². The van der Waals surface area contributed by atoms with Gasteiger partial charge < -0.3 is 10.4 Å². The van der Waals surface area contributed by atoms with E-state index in [0.717, 1.165) is 44.8 Å². The molecule has 1 fully saturated rings. The third kappa shape index (κ3) is 5.03. The largest absolute Gasteiger partial charge is 0.481 e. The van der Waals surface area contributed by atoms with Gasteiger partial charge in [-0.15, -0.1) is 0 Å². The number of nitrogens with zero attached hydrogens (tertiary/aromatic N) is 2. The average Bonchev–Trinajstić information content (AvgIpc) is 3.25. The van der Waals surface area contributed by atoms with Crippen molar-refractivity contribution in [3.8, 4) is 0 Å². The number of carboxylic acid groups (broad SMARTS) is 1. The number of rotatable bonds is 7. The predicted octanol–water partition coefficient (Wildman–Crippen LogP) is 4.87. The van der Waals surface area contributed by atoms with Gasteiger partial charge in [0.15, 0.2) is 10.2 Å². The Labute approximate surface area is 180 Å². The number of halogens is 1. The van der Waals surface area contributed by atoms with Crippen molar-refractivity contribution in [3.05, 3.63) is 53.8 Å². The van der Waals surface area contributed by atoms with Crippen molar-refractivity contribution < 1.29 is 19.1 Å². The second-order valence-corrected chi connectivity index (χ2v) is 9.01. The normalized spacial score (nSPS) is 17.7. The van der Waals surface area contributed by atoms with Crippen LogP contribution in [0.4, 0.5) is 15.2 Å². The number of aliphatic carboxylic acids is 1. The summed E-state index contributed by atoms with van der Waals surface area (Å²) >= 11 is 2.46. The van der Waals surface area contributed by atoms with E-state index in [1.54, 1.807) is 6.07 Å². The number of fused-ring (bicyclic) bond motifs is 1. The molecule has 3 aromatic rings. The number of anilines is 1. The molecule has 0 spiro atoms. The zero-order chi connectivity index (χ0) is 21.1. The fraction of sp³-hybridized carbons (Fsp3) is 0.238. The van der Waals surface area contributed by atoms with Crippen molar-refractivity contribution in [1.29, 1.82) is 0 Å². The molecule has 0 radical (unpaired) electrons. The molecular formula is C21H18FN3O3S2. The van der Waals surface area contributed by atoms with Crippen molar-refractivity contribution >= 4 is 60.3 Å². The van der Waals surface area contributed by atoms with E-state index in [-0.39, 0.29) is 17.4 Å². The van der Waals surface area contributed by atoms with E-state index in [9.17, 15) is 14.0 Å². The second-order valence-electron chi connectivity index (χ2n) is 6.90. The molecule has 1 aliphatic rings. The highest BCUT2D eigenvalue weighted by Crippen LogP contribution is 2.33. The number of nitrogens with one attached hydrogen (secondary N) is 1. The van der Waals surface area contributed by atoms with Gasteiger partial charge in [0.05, 0.1) is 27.4 Å². The Morgan fingerprint density at radius 2 is 2.07 bits per heavy atom. The minimum absolute atomic E-state index is 0.128. The molecule has 4 rings (SSSR count). The van der Waals surface area contributed by atoms with Crippen LogP contribution >= 0.6 is 23.1 Å². The highest BCUT2D eigenvalue weighted by atomic mass is 32.2. The van der Waals surface area contributed by atoms with Gasteiger partial charge in [0, 0.05) is 18.9 Å². The van der Waals surface area contributed by atoms with Crippen LogP contribution in [0.15, 0.2) is 47.5 Å².